The molecule has 1 aliphatic rings. The van der Waals surface area contributed by atoms with Gasteiger partial charge in [0.05, 0.1) is 29.9 Å². The van der Waals surface area contributed by atoms with E-state index in [0.717, 1.165) is 24.3 Å². The van der Waals surface area contributed by atoms with Gasteiger partial charge in [0.2, 0.25) is 0 Å². The lowest BCUT2D eigenvalue weighted by Gasteiger charge is -2.30. The van der Waals surface area contributed by atoms with Gasteiger partial charge in [0.1, 0.15) is 22.6 Å². The molecule has 0 unspecified atom stereocenters. The van der Waals surface area contributed by atoms with E-state index in [1.165, 1.54) is 6.07 Å². The van der Waals surface area contributed by atoms with E-state index in [-0.39, 0.29) is 5.82 Å². The molecule has 1 saturated heterocycles. The Bertz CT molecular complexity index is 1310. The monoisotopic (exact) mass is 426 g/mol. The highest BCUT2D eigenvalue weighted by atomic mass is 19.1. The van der Waals surface area contributed by atoms with E-state index in [1.807, 2.05) is 12.1 Å². The van der Waals surface area contributed by atoms with Crippen LogP contribution in [-0.4, -0.2) is 33.2 Å². The minimum absolute atomic E-state index is 0.356. The molecule has 0 aliphatic carbocycles. The average Bonchev–Trinajstić information content (AvgIpc) is 3.35. The average molecular weight is 426 g/mol. The Balaban J connectivity index is 1.48. The summed E-state index contributed by atoms with van der Waals surface area (Å²) in [6, 6.07) is 14.3. The first kappa shape index (κ1) is 20.0. The number of benzene rings is 1. The predicted octanol–water partition coefficient (Wildman–Crippen LogP) is 4.14. The van der Waals surface area contributed by atoms with E-state index in [2.05, 4.69) is 31.5 Å². The summed E-state index contributed by atoms with van der Waals surface area (Å²) in [6.07, 6.45) is 6.34. The van der Waals surface area contributed by atoms with Crippen molar-refractivity contribution in [3.05, 3.63) is 72.6 Å². The Morgan fingerprint density at radius 1 is 1.03 bits per heavy atom. The van der Waals surface area contributed by atoms with Crippen LogP contribution < -0.4 is 5.32 Å². The number of nitriles is 1. The molecule has 32 heavy (non-hydrogen) atoms. The fourth-order valence-electron chi connectivity index (χ4n) is 3.95. The van der Waals surface area contributed by atoms with Crippen LogP contribution in [0.5, 0.6) is 0 Å². The van der Waals surface area contributed by atoms with Crippen LogP contribution in [0.4, 0.5) is 4.39 Å². The summed E-state index contributed by atoms with van der Waals surface area (Å²) in [5, 5.41) is 17.2. The summed E-state index contributed by atoms with van der Waals surface area (Å²) < 4.78 is 19.5. The van der Waals surface area contributed by atoms with Crippen molar-refractivity contribution in [3.63, 3.8) is 0 Å². The van der Waals surface area contributed by atoms with Gasteiger partial charge in [-0.3, -0.25) is 9.97 Å². The SMILES string of the molecule is N#CC1(c2cc(-c3cncc(-c4cc(-c5ccccc5F)no4)n3)ccn2)CCNCC1. The fraction of sp³-hybridized carbons (Fsp3) is 0.208. The highest BCUT2D eigenvalue weighted by Crippen LogP contribution is 2.33. The van der Waals surface area contributed by atoms with Gasteiger partial charge in [0, 0.05) is 23.4 Å². The van der Waals surface area contributed by atoms with Crippen molar-refractivity contribution in [2.24, 2.45) is 0 Å². The summed E-state index contributed by atoms with van der Waals surface area (Å²) in [5.41, 5.74) is 2.79. The first-order valence-electron chi connectivity index (χ1n) is 10.3. The number of halogens is 1. The lowest BCUT2D eigenvalue weighted by atomic mass is 9.77. The van der Waals surface area contributed by atoms with Gasteiger partial charge in [-0.05, 0) is 50.2 Å². The molecule has 1 aromatic carbocycles. The maximum atomic E-state index is 14.1. The van der Waals surface area contributed by atoms with Crippen molar-refractivity contribution in [2.45, 2.75) is 18.3 Å². The third-order valence-electron chi connectivity index (χ3n) is 5.76. The molecule has 4 heterocycles. The van der Waals surface area contributed by atoms with Gasteiger partial charge in [-0.25, -0.2) is 9.37 Å². The molecular formula is C24H19FN6O. The van der Waals surface area contributed by atoms with E-state index in [0.29, 0.717) is 41.2 Å². The molecule has 0 amide bonds. The number of nitrogens with zero attached hydrogens (tertiary/aromatic N) is 5. The minimum atomic E-state index is -0.605. The maximum absolute atomic E-state index is 14.1. The molecule has 0 bridgehead atoms. The van der Waals surface area contributed by atoms with Crippen LogP contribution in [-0.2, 0) is 5.41 Å². The second-order valence-electron chi connectivity index (χ2n) is 7.72. The first-order valence-corrected chi connectivity index (χ1v) is 10.3. The summed E-state index contributed by atoms with van der Waals surface area (Å²) in [6.45, 7) is 1.56. The van der Waals surface area contributed by atoms with Crippen LogP contribution in [0.2, 0.25) is 0 Å². The van der Waals surface area contributed by atoms with Crippen LogP contribution in [0, 0.1) is 17.1 Å². The maximum Gasteiger partial charge on any atom is 0.187 e. The third kappa shape index (κ3) is 3.63. The number of nitrogens with one attached hydrogen (secondary N) is 1. The predicted molar refractivity (Wildman–Crippen MR) is 116 cm³/mol. The highest BCUT2D eigenvalue weighted by Gasteiger charge is 2.35. The number of pyridine rings is 1. The number of piperidine rings is 1. The molecule has 1 aliphatic heterocycles. The highest BCUT2D eigenvalue weighted by molar-refractivity contribution is 5.67. The van der Waals surface area contributed by atoms with Gasteiger partial charge in [-0.2, -0.15) is 5.26 Å². The van der Waals surface area contributed by atoms with Crippen LogP contribution in [0.1, 0.15) is 18.5 Å². The molecule has 5 rings (SSSR count). The molecule has 3 aromatic heterocycles. The van der Waals surface area contributed by atoms with Crippen LogP contribution in [0.3, 0.4) is 0 Å². The number of aromatic nitrogens is 4. The van der Waals surface area contributed by atoms with Crippen molar-refractivity contribution in [1.29, 1.82) is 5.26 Å². The van der Waals surface area contributed by atoms with E-state index >= 15 is 0 Å². The van der Waals surface area contributed by atoms with E-state index in [1.54, 1.807) is 42.9 Å². The lowest BCUT2D eigenvalue weighted by molar-refractivity contribution is 0.375. The second-order valence-corrected chi connectivity index (χ2v) is 7.72. The summed E-state index contributed by atoms with van der Waals surface area (Å²) in [5.74, 6) is 0.0135. The van der Waals surface area contributed by atoms with Gasteiger partial charge in [-0.15, -0.1) is 0 Å². The Morgan fingerprint density at radius 2 is 1.84 bits per heavy atom. The molecule has 0 spiro atoms. The molecule has 0 radical (unpaired) electrons. The smallest absolute Gasteiger partial charge is 0.187 e. The number of hydrogen-bond acceptors (Lipinski definition) is 7. The number of rotatable bonds is 4. The van der Waals surface area contributed by atoms with E-state index in [4.69, 9.17) is 4.52 Å². The minimum Gasteiger partial charge on any atom is -0.354 e. The molecular weight excluding hydrogens is 407 g/mol. The van der Waals surface area contributed by atoms with Crippen molar-refractivity contribution in [1.82, 2.24) is 25.4 Å². The first-order chi connectivity index (χ1) is 15.7. The molecule has 1 N–H and O–H groups in total. The number of hydrogen-bond donors (Lipinski definition) is 1. The quantitative estimate of drug-likeness (QED) is 0.523. The van der Waals surface area contributed by atoms with Crippen molar-refractivity contribution >= 4 is 0 Å². The molecule has 158 valence electrons. The van der Waals surface area contributed by atoms with Gasteiger partial charge in [-0.1, -0.05) is 17.3 Å². The zero-order valence-corrected chi connectivity index (χ0v) is 17.1. The fourth-order valence-corrected chi connectivity index (χ4v) is 3.95. The Morgan fingerprint density at radius 3 is 2.66 bits per heavy atom. The molecule has 4 aromatic rings. The van der Waals surface area contributed by atoms with Crippen LogP contribution in [0.15, 0.2) is 65.6 Å². The molecule has 1 fully saturated rings. The Hall–Kier alpha value is -3.96. The summed E-state index contributed by atoms with van der Waals surface area (Å²) in [7, 11) is 0. The van der Waals surface area contributed by atoms with E-state index < -0.39 is 5.41 Å². The van der Waals surface area contributed by atoms with Gasteiger partial charge >= 0.3 is 0 Å². The largest absolute Gasteiger partial charge is 0.354 e. The molecule has 8 heteroatoms. The summed E-state index contributed by atoms with van der Waals surface area (Å²) >= 11 is 0. The zero-order valence-electron chi connectivity index (χ0n) is 17.1. The Kier molecular flexibility index (Phi) is 5.17. The van der Waals surface area contributed by atoms with Crippen LogP contribution in [0.25, 0.3) is 34.0 Å². The normalized spacial score (nSPS) is 15.2. The third-order valence-corrected chi connectivity index (χ3v) is 5.76. The summed E-state index contributed by atoms with van der Waals surface area (Å²) in [4.78, 5) is 13.5. The molecule has 7 nitrogen and oxygen atoms in total. The van der Waals surface area contributed by atoms with Gasteiger partial charge < -0.3 is 9.84 Å². The Labute approximate surface area is 184 Å². The lowest BCUT2D eigenvalue weighted by Crippen LogP contribution is -2.39. The van der Waals surface area contributed by atoms with Gasteiger partial charge in [0.25, 0.3) is 0 Å². The molecule has 0 atom stereocenters. The van der Waals surface area contributed by atoms with Crippen molar-refractivity contribution < 1.29 is 8.91 Å². The second kappa shape index (κ2) is 8.29. The van der Waals surface area contributed by atoms with E-state index in [9.17, 15) is 9.65 Å². The van der Waals surface area contributed by atoms with Gasteiger partial charge in [0.15, 0.2) is 5.76 Å². The zero-order chi connectivity index (χ0) is 22.0. The topological polar surface area (TPSA) is 101 Å². The van der Waals surface area contributed by atoms with Crippen molar-refractivity contribution in [3.8, 4) is 40.0 Å². The van der Waals surface area contributed by atoms with Crippen LogP contribution >= 0.6 is 0 Å². The van der Waals surface area contributed by atoms with Crippen molar-refractivity contribution in [2.75, 3.05) is 13.1 Å². The standard InChI is InChI=1S/C24H19FN6O/c25-18-4-2-1-3-17(18)19-12-22(32-31-19)21-14-28-13-20(30-21)16-5-8-29-23(11-16)24(15-26)6-9-27-10-7-24/h1-5,8,11-14,27H,6-7,9-10H2. The molecule has 0 saturated carbocycles.